The van der Waals surface area contributed by atoms with E-state index in [1.165, 1.54) is 18.4 Å². The Hall–Kier alpha value is -2.73. The van der Waals surface area contributed by atoms with E-state index in [1.807, 2.05) is 36.4 Å². The van der Waals surface area contributed by atoms with Gasteiger partial charge in [0, 0.05) is 6.54 Å². The van der Waals surface area contributed by atoms with Crippen LogP contribution in [0.2, 0.25) is 0 Å². The van der Waals surface area contributed by atoms with Crippen molar-refractivity contribution in [1.29, 1.82) is 0 Å². The number of benzene rings is 2. The van der Waals surface area contributed by atoms with Crippen molar-refractivity contribution in [3.63, 3.8) is 0 Å². The van der Waals surface area contributed by atoms with Crippen molar-refractivity contribution in [2.45, 2.75) is 25.0 Å². The Morgan fingerprint density at radius 3 is 2.57 bits per heavy atom. The summed E-state index contributed by atoms with van der Waals surface area (Å²) in [6, 6.07) is 15.6. The van der Waals surface area contributed by atoms with E-state index < -0.39 is 6.10 Å². The fourth-order valence-electron chi connectivity index (χ4n) is 3.80. The zero-order chi connectivity index (χ0) is 19.3. The van der Waals surface area contributed by atoms with Gasteiger partial charge in [-0.3, -0.25) is 9.69 Å². The fourth-order valence-corrected chi connectivity index (χ4v) is 3.80. The first-order valence-electron chi connectivity index (χ1n) is 9.79. The third-order valence-electron chi connectivity index (χ3n) is 5.35. The highest BCUT2D eigenvalue weighted by Gasteiger charge is 2.29. The van der Waals surface area contributed by atoms with Crippen LogP contribution in [0, 0.1) is 0 Å². The van der Waals surface area contributed by atoms with Crippen LogP contribution in [0.3, 0.4) is 0 Å². The lowest BCUT2D eigenvalue weighted by Gasteiger charge is -2.30. The number of hydrogen-bond donors (Lipinski definition) is 1. The van der Waals surface area contributed by atoms with Crippen molar-refractivity contribution in [3.05, 3.63) is 54.1 Å². The zero-order valence-electron chi connectivity index (χ0n) is 16.1. The summed E-state index contributed by atoms with van der Waals surface area (Å²) in [5.41, 5.74) is 1.18. The minimum Gasteiger partial charge on any atom is -0.497 e. The van der Waals surface area contributed by atoms with Gasteiger partial charge >= 0.3 is 0 Å². The largest absolute Gasteiger partial charge is 0.497 e. The number of carbonyl (C=O) groups excluding carboxylic acids is 1. The molecule has 0 aromatic heterocycles. The number of fused-ring (bicyclic) bond motifs is 1. The molecule has 2 atom stereocenters. The summed E-state index contributed by atoms with van der Waals surface area (Å²) in [5, 5.41) is 3.07. The molecule has 2 aliphatic heterocycles. The maximum Gasteiger partial charge on any atom is 0.264 e. The molecule has 1 fully saturated rings. The predicted molar refractivity (Wildman–Crippen MR) is 106 cm³/mol. The minimum atomic E-state index is -0.634. The van der Waals surface area contributed by atoms with E-state index >= 15 is 0 Å². The predicted octanol–water partition coefficient (Wildman–Crippen LogP) is 2.79. The normalized spacial score (nSPS) is 19.8. The van der Waals surface area contributed by atoms with Crippen LogP contribution in [-0.2, 0) is 4.79 Å². The first-order valence-corrected chi connectivity index (χ1v) is 9.79. The summed E-state index contributed by atoms with van der Waals surface area (Å²) in [6.45, 7) is 2.85. The Balaban J connectivity index is 1.41. The molecular weight excluding hydrogens is 356 g/mol. The lowest BCUT2D eigenvalue weighted by Crippen LogP contribution is -2.46. The molecule has 6 nitrogen and oxygen atoms in total. The monoisotopic (exact) mass is 382 g/mol. The average Bonchev–Trinajstić information content (AvgIpc) is 3.28. The summed E-state index contributed by atoms with van der Waals surface area (Å²) in [5.74, 6) is 1.98. The lowest BCUT2D eigenvalue weighted by atomic mass is 10.0. The van der Waals surface area contributed by atoms with Crippen molar-refractivity contribution in [2.24, 2.45) is 0 Å². The van der Waals surface area contributed by atoms with Crippen LogP contribution in [0.15, 0.2) is 48.5 Å². The second-order valence-electron chi connectivity index (χ2n) is 7.14. The third-order valence-corrected chi connectivity index (χ3v) is 5.35. The maximum atomic E-state index is 12.7. The first kappa shape index (κ1) is 18.6. The van der Waals surface area contributed by atoms with Crippen LogP contribution in [0.5, 0.6) is 17.2 Å². The van der Waals surface area contributed by atoms with Crippen molar-refractivity contribution < 1.29 is 19.0 Å². The van der Waals surface area contributed by atoms with Gasteiger partial charge in [0.2, 0.25) is 6.10 Å². The smallest absolute Gasteiger partial charge is 0.264 e. The first-order chi connectivity index (χ1) is 13.7. The van der Waals surface area contributed by atoms with E-state index in [2.05, 4.69) is 22.3 Å². The molecule has 0 aliphatic carbocycles. The summed E-state index contributed by atoms with van der Waals surface area (Å²) < 4.78 is 16.8. The Labute approximate surface area is 165 Å². The topological polar surface area (TPSA) is 60.0 Å². The lowest BCUT2D eigenvalue weighted by molar-refractivity contribution is -0.130. The van der Waals surface area contributed by atoms with Gasteiger partial charge in [-0.25, -0.2) is 0 Å². The van der Waals surface area contributed by atoms with E-state index in [4.69, 9.17) is 14.2 Å². The Kier molecular flexibility index (Phi) is 5.67. The number of rotatable bonds is 6. The molecular formula is C22H26N2O4. The SMILES string of the molecule is COc1ccc([C@H](CNC(=O)[C@H]2COc3ccccc3O2)N2CCCC2)cc1. The Morgan fingerprint density at radius 1 is 1.14 bits per heavy atom. The number of hydrogen-bond acceptors (Lipinski definition) is 5. The van der Waals surface area contributed by atoms with Gasteiger partial charge in [-0.2, -0.15) is 0 Å². The van der Waals surface area contributed by atoms with E-state index in [0.29, 0.717) is 18.0 Å². The molecule has 0 radical (unpaired) electrons. The number of ether oxygens (including phenoxy) is 3. The molecule has 148 valence electrons. The molecule has 0 unspecified atom stereocenters. The number of nitrogens with one attached hydrogen (secondary N) is 1. The molecule has 0 bridgehead atoms. The molecule has 6 heteroatoms. The molecule has 1 amide bonds. The van der Waals surface area contributed by atoms with Gasteiger partial charge in [0.25, 0.3) is 5.91 Å². The molecule has 1 saturated heterocycles. The van der Waals surface area contributed by atoms with Crippen molar-refractivity contribution in [3.8, 4) is 17.2 Å². The van der Waals surface area contributed by atoms with Gasteiger partial charge in [-0.15, -0.1) is 0 Å². The van der Waals surface area contributed by atoms with Crippen LogP contribution in [0.25, 0.3) is 0 Å². The second kappa shape index (κ2) is 8.52. The summed E-state index contributed by atoms with van der Waals surface area (Å²) >= 11 is 0. The number of para-hydroxylation sites is 2. The second-order valence-corrected chi connectivity index (χ2v) is 7.14. The number of methoxy groups -OCH3 is 1. The van der Waals surface area contributed by atoms with Gasteiger partial charge in [-0.05, 0) is 55.8 Å². The highest BCUT2D eigenvalue weighted by molar-refractivity contribution is 5.81. The van der Waals surface area contributed by atoms with Gasteiger partial charge in [-0.1, -0.05) is 24.3 Å². The molecule has 2 heterocycles. The average molecular weight is 382 g/mol. The zero-order valence-corrected chi connectivity index (χ0v) is 16.1. The summed E-state index contributed by atoms with van der Waals surface area (Å²) in [4.78, 5) is 15.1. The van der Waals surface area contributed by atoms with Crippen LogP contribution in [0.4, 0.5) is 0 Å². The van der Waals surface area contributed by atoms with Crippen LogP contribution in [-0.4, -0.2) is 50.3 Å². The third kappa shape index (κ3) is 4.07. The van der Waals surface area contributed by atoms with Gasteiger partial charge in [0.05, 0.1) is 13.2 Å². The standard InChI is InChI=1S/C22H26N2O4/c1-26-17-10-8-16(9-11-17)18(24-12-4-5-13-24)14-23-22(25)21-15-27-19-6-2-3-7-20(19)28-21/h2-3,6-11,18,21H,4-5,12-15H2,1H3,(H,23,25)/t18-,21+/m0/s1. The molecule has 28 heavy (non-hydrogen) atoms. The van der Waals surface area contributed by atoms with Gasteiger partial charge < -0.3 is 19.5 Å². The molecule has 2 aliphatic rings. The van der Waals surface area contributed by atoms with Gasteiger partial charge in [0.1, 0.15) is 12.4 Å². The fraction of sp³-hybridized carbons (Fsp3) is 0.409. The van der Waals surface area contributed by atoms with Crippen LogP contribution >= 0.6 is 0 Å². The Morgan fingerprint density at radius 2 is 1.86 bits per heavy atom. The number of amides is 1. The summed E-state index contributed by atoms with van der Waals surface area (Å²) in [6.07, 6.45) is 1.75. The molecule has 0 saturated carbocycles. The number of carbonyl (C=O) groups is 1. The molecule has 0 spiro atoms. The highest BCUT2D eigenvalue weighted by atomic mass is 16.6. The molecule has 4 rings (SSSR count). The van der Waals surface area contributed by atoms with E-state index in [9.17, 15) is 4.79 Å². The quantitative estimate of drug-likeness (QED) is 0.833. The number of nitrogens with zero attached hydrogens (tertiary/aromatic N) is 1. The number of likely N-dealkylation sites (tertiary alicyclic amines) is 1. The molecule has 1 N–H and O–H groups in total. The van der Waals surface area contributed by atoms with Crippen molar-refractivity contribution >= 4 is 5.91 Å². The van der Waals surface area contributed by atoms with Crippen molar-refractivity contribution in [2.75, 3.05) is 33.4 Å². The minimum absolute atomic E-state index is 0.133. The van der Waals surface area contributed by atoms with E-state index in [0.717, 1.165) is 18.8 Å². The van der Waals surface area contributed by atoms with E-state index in [-0.39, 0.29) is 18.6 Å². The summed E-state index contributed by atoms with van der Waals surface area (Å²) in [7, 11) is 1.66. The Bertz CT molecular complexity index is 802. The maximum absolute atomic E-state index is 12.7. The van der Waals surface area contributed by atoms with Crippen LogP contribution < -0.4 is 19.5 Å². The highest BCUT2D eigenvalue weighted by Crippen LogP contribution is 2.31. The van der Waals surface area contributed by atoms with E-state index in [1.54, 1.807) is 7.11 Å². The van der Waals surface area contributed by atoms with Crippen molar-refractivity contribution in [1.82, 2.24) is 10.2 Å². The molecule has 2 aromatic carbocycles. The van der Waals surface area contributed by atoms with Gasteiger partial charge in [0.15, 0.2) is 11.5 Å². The molecule has 2 aromatic rings. The van der Waals surface area contributed by atoms with Crippen LogP contribution in [0.1, 0.15) is 24.4 Å².